The van der Waals surface area contributed by atoms with Gasteiger partial charge in [-0.05, 0) is 0 Å². The molecule has 0 saturated carbocycles. The molecule has 3 aliphatic rings. The molecule has 0 aromatic heterocycles. The van der Waals surface area contributed by atoms with Crippen molar-refractivity contribution in [3.05, 3.63) is 0 Å². The Balaban J connectivity index is 1.80. The van der Waals surface area contributed by atoms with Crippen molar-refractivity contribution < 1.29 is 79.9 Å². The molecule has 3 rings (SSSR count). The van der Waals surface area contributed by atoms with Crippen LogP contribution in [0.4, 0.5) is 0 Å². The van der Waals surface area contributed by atoms with E-state index in [0.717, 1.165) is 0 Å². The van der Waals surface area contributed by atoms with Gasteiger partial charge in [0.05, 0.1) is 32.5 Å². The Labute approximate surface area is 199 Å². The van der Waals surface area contributed by atoms with Gasteiger partial charge >= 0.3 is 0 Å². The highest BCUT2D eigenvalue weighted by Gasteiger charge is 2.54. The van der Waals surface area contributed by atoms with Crippen molar-refractivity contribution in [2.45, 2.75) is 91.9 Å². The largest absolute Gasteiger partial charge is 0.394 e. The average molecular weight is 518 g/mol. The maximum absolute atomic E-state index is 10.8. The van der Waals surface area contributed by atoms with Crippen LogP contribution in [0.2, 0.25) is 0 Å². The monoisotopic (exact) mass is 518 g/mol. The summed E-state index contributed by atoms with van der Waals surface area (Å²) in [5.41, 5.74) is -1.71. The van der Waals surface area contributed by atoms with E-state index >= 15 is 0 Å². The second-order valence-corrected chi connectivity index (χ2v) is 8.88. The molecule has 0 spiro atoms. The molecule has 13 atom stereocenters. The fourth-order valence-corrected chi connectivity index (χ4v) is 4.27. The third kappa shape index (κ3) is 5.78. The van der Waals surface area contributed by atoms with Crippen LogP contribution >= 0.6 is 0 Å². The smallest absolute Gasteiger partial charge is 0.187 e. The fraction of sp³-hybridized carbons (Fsp3) is 1.00. The quantitative estimate of drug-likeness (QED) is 0.142. The summed E-state index contributed by atoms with van der Waals surface area (Å²) in [6, 6.07) is 0. The Morgan fingerprint density at radius 3 is 1.69 bits per heavy atom. The molecule has 206 valence electrons. The zero-order valence-electron chi connectivity index (χ0n) is 18.5. The molecule has 3 heterocycles. The molecule has 0 radical (unpaired) electrons. The van der Waals surface area contributed by atoms with Gasteiger partial charge in [0.15, 0.2) is 18.9 Å². The average Bonchev–Trinajstić information content (AvgIpc) is 2.85. The van der Waals surface area contributed by atoms with Crippen LogP contribution in [-0.4, -0.2) is 168 Å². The van der Waals surface area contributed by atoms with Crippen molar-refractivity contribution >= 4 is 0 Å². The predicted molar refractivity (Wildman–Crippen MR) is 106 cm³/mol. The molecule has 16 nitrogen and oxygen atoms in total. The molecular formula is C19H34O16. The zero-order chi connectivity index (χ0) is 26.1. The van der Waals surface area contributed by atoms with E-state index in [1.54, 1.807) is 0 Å². The minimum Gasteiger partial charge on any atom is -0.394 e. The Morgan fingerprint density at radius 2 is 1.14 bits per heavy atom. The SMILES string of the molecule is OCC1O[C@@H](OC2C(O)[C@H](O)OC(CO)[C@H]2O)C(O)C(O[C@@H]2OC(CO)(CO)CC(O)C2O)[C@@H]1O. The van der Waals surface area contributed by atoms with E-state index < -0.39 is 112 Å². The van der Waals surface area contributed by atoms with Crippen LogP contribution in [0.1, 0.15) is 6.42 Å². The first kappa shape index (κ1) is 28.9. The second kappa shape index (κ2) is 11.8. The molecule has 0 aromatic rings. The highest BCUT2D eigenvalue weighted by molar-refractivity contribution is 4.97. The summed E-state index contributed by atoms with van der Waals surface area (Å²) in [7, 11) is 0. The van der Waals surface area contributed by atoms with Crippen molar-refractivity contribution in [3.8, 4) is 0 Å². The normalized spacial score (nSPS) is 48.6. The molecule has 0 bridgehead atoms. The fourth-order valence-electron chi connectivity index (χ4n) is 4.27. The lowest BCUT2D eigenvalue weighted by atomic mass is 9.91. The predicted octanol–water partition coefficient (Wildman–Crippen LogP) is -7.18. The molecule has 0 aromatic carbocycles. The molecule has 0 amide bonds. The number of aliphatic hydroxyl groups is 11. The van der Waals surface area contributed by atoms with Crippen LogP contribution in [0.5, 0.6) is 0 Å². The Morgan fingerprint density at radius 1 is 0.629 bits per heavy atom. The molecule has 0 aliphatic carbocycles. The number of ether oxygens (including phenoxy) is 5. The van der Waals surface area contributed by atoms with Gasteiger partial charge < -0.3 is 79.9 Å². The lowest BCUT2D eigenvalue weighted by molar-refractivity contribution is -0.382. The van der Waals surface area contributed by atoms with Crippen molar-refractivity contribution in [2.24, 2.45) is 0 Å². The number of hydrogen-bond donors (Lipinski definition) is 11. The summed E-state index contributed by atoms with van der Waals surface area (Å²) in [6.07, 6.45) is -22.5. The minimum absolute atomic E-state index is 0.348. The first-order chi connectivity index (χ1) is 16.5. The summed E-state index contributed by atoms with van der Waals surface area (Å²) >= 11 is 0. The highest BCUT2D eigenvalue weighted by Crippen LogP contribution is 2.34. The Hall–Kier alpha value is -0.640. The maximum atomic E-state index is 10.8. The number of hydrogen-bond acceptors (Lipinski definition) is 16. The van der Waals surface area contributed by atoms with E-state index in [1.807, 2.05) is 0 Å². The van der Waals surface area contributed by atoms with Gasteiger partial charge in [0.25, 0.3) is 0 Å². The molecule has 3 aliphatic heterocycles. The van der Waals surface area contributed by atoms with Gasteiger partial charge in [-0.3, -0.25) is 0 Å². The first-order valence-corrected chi connectivity index (χ1v) is 11.0. The van der Waals surface area contributed by atoms with E-state index in [1.165, 1.54) is 0 Å². The molecule has 16 heteroatoms. The summed E-state index contributed by atoms with van der Waals surface area (Å²) in [5, 5.41) is 110. The summed E-state index contributed by atoms with van der Waals surface area (Å²) < 4.78 is 26.6. The van der Waals surface area contributed by atoms with Crippen molar-refractivity contribution in [1.82, 2.24) is 0 Å². The molecule has 8 unspecified atom stereocenters. The first-order valence-electron chi connectivity index (χ1n) is 11.0. The topological polar surface area (TPSA) is 269 Å². The van der Waals surface area contributed by atoms with Crippen LogP contribution in [0.15, 0.2) is 0 Å². The summed E-state index contributed by atoms with van der Waals surface area (Å²) in [5.74, 6) is 0. The van der Waals surface area contributed by atoms with Crippen LogP contribution < -0.4 is 0 Å². The van der Waals surface area contributed by atoms with E-state index in [-0.39, 0.29) is 6.42 Å². The van der Waals surface area contributed by atoms with Crippen molar-refractivity contribution in [1.29, 1.82) is 0 Å². The number of rotatable bonds is 8. The van der Waals surface area contributed by atoms with E-state index in [9.17, 15) is 56.2 Å². The third-order valence-electron chi connectivity index (χ3n) is 6.44. The Kier molecular flexibility index (Phi) is 9.77. The van der Waals surface area contributed by atoms with Gasteiger partial charge in [-0.2, -0.15) is 0 Å². The van der Waals surface area contributed by atoms with Crippen LogP contribution in [0.25, 0.3) is 0 Å². The lowest BCUT2D eigenvalue weighted by Gasteiger charge is -2.48. The third-order valence-corrected chi connectivity index (χ3v) is 6.44. The Bertz CT molecular complexity index is 665. The summed E-state index contributed by atoms with van der Waals surface area (Å²) in [6.45, 7) is -3.09. The van der Waals surface area contributed by atoms with E-state index in [0.29, 0.717) is 0 Å². The van der Waals surface area contributed by atoms with Gasteiger partial charge in [0.1, 0.15) is 60.5 Å². The molecule has 11 N–H and O–H groups in total. The van der Waals surface area contributed by atoms with Gasteiger partial charge in [0, 0.05) is 6.42 Å². The molecular weight excluding hydrogens is 484 g/mol. The van der Waals surface area contributed by atoms with Gasteiger partial charge in [-0.15, -0.1) is 0 Å². The molecule has 35 heavy (non-hydrogen) atoms. The van der Waals surface area contributed by atoms with Crippen molar-refractivity contribution in [3.63, 3.8) is 0 Å². The highest BCUT2D eigenvalue weighted by atomic mass is 16.7. The maximum Gasteiger partial charge on any atom is 0.187 e. The molecule has 3 fully saturated rings. The van der Waals surface area contributed by atoms with Crippen molar-refractivity contribution in [2.75, 3.05) is 26.4 Å². The van der Waals surface area contributed by atoms with Gasteiger partial charge in [-0.1, -0.05) is 0 Å². The zero-order valence-corrected chi connectivity index (χ0v) is 18.5. The molecule has 3 saturated heterocycles. The van der Waals surface area contributed by atoms with Crippen LogP contribution in [0.3, 0.4) is 0 Å². The van der Waals surface area contributed by atoms with Crippen LogP contribution in [0, 0.1) is 0 Å². The number of aliphatic hydroxyl groups excluding tert-OH is 11. The summed E-state index contributed by atoms with van der Waals surface area (Å²) in [4.78, 5) is 0. The van der Waals surface area contributed by atoms with E-state index in [4.69, 9.17) is 23.7 Å². The lowest BCUT2D eigenvalue weighted by Crippen LogP contribution is -2.66. The minimum atomic E-state index is -1.92. The van der Waals surface area contributed by atoms with E-state index in [2.05, 4.69) is 0 Å². The van der Waals surface area contributed by atoms with Gasteiger partial charge in [0.2, 0.25) is 0 Å². The van der Waals surface area contributed by atoms with Gasteiger partial charge in [-0.25, -0.2) is 0 Å². The van der Waals surface area contributed by atoms with Crippen LogP contribution in [-0.2, 0) is 23.7 Å². The second-order valence-electron chi connectivity index (χ2n) is 8.88. The standard InChI is InChI=1S/C19H34O16/c20-2-7-10(26)14(12(28)16(30)31-7)33-17-13(29)15(11(27)8(3-21)32-17)34-18-9(25)6(24)1-19(4-22,5-23)35-18/h6-18,20-30H,1-5H2/t6?,7?,8?,9?,10-,11-,12?,13?,14?,15?,16-,17+,18-/m1/s1.